The van der Waals surface area contributed by atoms with E-state index in [0.29, 0.717) is 6.42 Å². The van der Waals surface area contributed by atoms with Gasteiger partial charge in [0, 0.05) is 17.4 Å². The van der Waals surface area contributed by atoms with E-state index in [-0.39, 0.29) is 17.0 Å². The van der Waals surface area contributed by atoms with E-state index in [2.05, 4.69) is 13.0 Å². The van der Waals surface area contributed by atoms with Crippen LogP contribution in [-0.2, 0) is 9.59 Å². The van der Waals surface area contributed by atoms with Gasteiger partial charge in [-0.05, 0) is 32.3 Å². The molecule has 0 saturated heterocycles. The van der Waals surface area contributed by atoms with Crippen molar-refractivity contribution in [2.24, 2.45) is 5.41 Å². The summed E-state index contributed by atoms with van der Waals surface area (Å²) in [5.41, 5.74) is 1.91. The van der Waals surface area contributed by atoms with Crippen LogP contribution >= 0.6 is 0 Å². The molecule has 2 aliphatic carbocycles. The molecule has 0 aliphatic heterocycles. The number of hydrogen-bond acceptors (Lipinski definition) is 2. The molecular weight excluding hydrogens is 188 g/mol. The van der Waals surface area contributed by atoms with Crippen LogP contribution in [0.25, 0.3) is 0 Å². The Morgan fingerprint density at radius 2 is 2.13 bits per heavy atom. The van der Waals surface area contributed by atoms with Crippen molar-refractivity contribution < 1.29 is 9.59 Å². The van der Waals surface area contributed by atoms with Crippen molar-refractivity contribution in [1.82, 2.24) is 0 Å². The number of carbonyl (C=O) groups excluding carboxylic acids is 2. The Labute approximate surface area is 90.1 Å². The van der Waals surface area contributed by atoms with E-state index < -0.39 is 0 Å². The fraction of sp³-hybridized carbons (Fsp3) is 0.538. The monoisotopic (exact) mass is 204 g/mol. The van der Waals surface area contributed by atoms with Gasteiger partial charge in [0.2, 0.25) is 0 Å². The molecule has 80 valence electrons. The van der Waals surface area contributed by atoms with Crippen molar-refractivity contribution in [1.29, 1.82) is 0 Å². The molecule has 0 bridgehead atoms. The number of rotatable bonds is 1. The van der Waals surface area contributed by atoms with Gasteiger partial charge < -0.3 is 0 Å². The maximum atomic E-state index is 11.6. The van der Waals surface area contributed by atoms with Crippen molar-refractivity contribution in [2.45, 2.75) is 39.5 Å². The lowest BCUT2D eigenvalue weighted by atomic mass is 9.64. The first-order chi connectivity index (χ1) is 7.04. The largest absolute Gasteiger partial charge is 0.295 e. The van der Waals surface area contributed by atoms with Crippen molar-refractivity contribution in [3.63, 3.8) is 0 Å². The second-order valence-corrected chi connectivity index (χ2v) is 4.68. The fourth-order valence-electron chi connectivity index (χ4n) is 2.74. The number of Topliss-reactive ketones (excluding diaryl/α,β-unsaturated/α-hetero) is 1. The Morgan fingerprint density at radius 1 is 1.40 bits per heavy atom. The summed E-state index contributed by atoms with van der Waals surface area (Å²) >= 11 is 0. The summed E-state index contributed by atoms with van der Waals surface area (Å²) < 4.78 is 0. The summed E-state index contributed by atoms with van der Waals surface area (Å²) in [6.07, 6.45) is 7.01. The quantitative estimate of drug-likeness (QED) is 0.658. The predicted octanol–water partition coefficient (Wildman–Crippen LogP) is 2.59. The van der Waals surface area contributed by atoms with E-state index >= 15 is 0 Å². The molecular formula is C13H16O2. The Bertz CT molecular complexity index is 387. The molecule has 15 heavy (non-hydrogen) atoms. The third-order valence-electron chi connectivity index (χ3n) is 3.65. The van der Waals surface area contributed by atoms with Gasteiger partial charge in [0.25, 0.3) is 0 Å². The topological polar surface area (TPSA) is 34.1 Å². The third-order valence-corrected chi connectivity index (χ3v) is 3.65. The summed E-state index contributed by atoms with van der Waals surface area (Å²) in [5, 5.41) is 0. The average molecular weight is 204 g/mol. The maximum Gasteiger partial charge on any atom is 0.156 e. The number of fused-ring (bicyclic) bond motifs is 1. The molecule has 0 aromatic rings. The second-order valence-electron chi connectivity index (χ2n) is 4.68. The minimum Gasteiger partial charge on any atom is -0.295 e. The molecule has 0 heterocycles. The minimum atomic E-state index is -0.155. The molecule has 2 nitrogen and oxygen atoms in total. The van der Waals surface area contributed by atoms with Gasteiger partial charge in [0.15, 0.2) is 11.6 Å². The van der Waals surface area contributed by atoms with E-state index in [4.69, 9.17) is 0 Å². The maximum absolute atomic E-state index is 11.6. The minimum absolute atomic E-state index is 0.150. The number of carbonyl (C=O) groups is 2. The van der Waals surface area contributed by atoms with Crippen LogP contribution in [0.15, 0.2) is 23.3 Å². The molecule has 2 aliphatic rings. The Hall–Kier alpha value is -1.18. The molecule has 0 amide bonds. The van der Waals surface area contributed by atoms with E-state index in [0.717, 1.165) is 30.4 Å². The van der Waals surface area contributed by atoms with Crippen LogP contribution in [0.2, 0.25) is 0 Å². The van der Waals surface area contributed by atoms with Gasteiger partial charge in [-0.25, -0.2) is 0 Å². The smallest absolute Gasteiger partial charge is 0.156 e. The number of allylic oxidation sites excluding steroid dienone is 4. The zero-order valence-corrected chi connectivity index (χ0v) is 9.30. The van der Waals surface area contributed by atoms with Gasteiger partial charge in [0.05, 0.1) is 0 Å². The Kier molecular flexibility index (Phi) is 2.37. The Balaban J connectivity index is 2.47. The van der Waals surface area contributed by atoms with Crippen molar-refractivity contribution in [3.05, 3.63) is 23.3 Å². The highest BCUT2D eigenvalue weighted by Crippen LogP contribution is 2.47. The predicted molar refractivity (Wildman–Crippen MR) is 58.4 cm³/mol. The Morgan fingerprint density at radius 3 is 2.80 bits per heavy atom. The zero-order valence-electron chi connectivity index (χ0n) is 9.30. The van der Waals surface area contributed by atoms with Crippen molar-refractivity contribution in [3.8, 4) is 0 Å². The lowest BCUT2D eigenvalue weighted by molar-refractivity contribution is -0.117. The molecule has 1 atom stereocenters. The van der Waals surface area contributed by atoms with Crippen molar-refractivity contribution in [2.75, 3.05) is 0 Å². The van der Waals surface area contributed by atoms with E-state index in [1.165, 1.54) is 0 Å². The van der Waals surface area contributed by atoms with Crippen LogP contribution < -0.4 is 0 Å². The van der Waals surface area contributed by atoms with Crippen LogP contribution in [0.4, 0.5) is 0 Å². The van der Waals surface area contributed by atoms with Crippen LogP contribution in [-0.4, -0.2) is 11.6 Å². The van der Waals surface area contributed by atoms with Crippen LogP contribution in [0, 0.1) is 5.41 Å². The molecule has 0 aromatic heterocycles. The van der Waals surface area contributed by atoms with Gasteiger partial charge in [-0.1, -0.05) is 18.6 Å². The number of ketones is 2. The summed E-state index contributed by atoms with van der Waals surface area (Å²) in [5.74, 6) is 0.365. The summed E-state index contributed by atoms with van der Waals surface area (Å²) in [6.45, 7) is 3.72. The van der Waals surface area contributed by atoms with Gasteiger partial charge >= 0.3 is 0 Å². The van der Waals surface area contributed by atoms with Crippen LogP contribution in [0.1, 0.15) is 39.5 Å². The summed E-state index contributed by atoms with van der Waals surface area (Å²) in [7, 11) is 0. The standard InChI is InChI=1S/C13H16O2/c1-9(14)12-5-3-4-10-8-11(15)6-7-13(10,12)2/h5,8H,3-4,6-7H2,1-2H3. The average Bonchev–Trinajstić information content (AvgIpc) is 2.17. The molecule has 0 spiro atoms. The van der Waals surface area contributed by atoms with E-state index in [1.807, 2.05) is 0 Å². The molecule has 0 fully saturated rings. The lowest BCUT2D eigenvalue weighted by Gasteiger charge is -2.39. The molecule has 2 heteroatoms. The zero-order chi connectivity index (χ0) is 11.1. The van der Waals surface area contributed by atoms with Crippen LogP contribution in [0.3, 0.4) is 0 Å². The molecule has 0 saturated carbocycles. The van der Waals surface area contributed by atoms with Gasteiger partial charge in [-0.3, -0.25) is 9.59 Å². The molecule has 2 rings (SSSR count). The molecule has 0 aromatic carbocycles. The molecule has 0 radical (unpaired) electrons. The van der Waals surface area contributed by atoms with Gasteiger partial charge in [-0.15, -0.1) is 0 Å². The van der Waals surface area contributed by atoms with Gasteiger partial charge in [0.1, 0.15) is 0 Å². The fourth-order valence-corrected chi connectivity index (χ4v) is 2.74. The van der Waals surface area contributed by atoms with Gasteiger partial charge in [-0.2, -0.15) is 0 Å². The molecule has 0 N–H and O–H groups in total. The normalized spacial score (nSPS) is 30.4. The highest BCUT2D eigenvalue weighted by atomic mass is 16.1. The molecule has 1 unspecified atom stereocenters. The van der Waals surface area contributed by atoms with E-state index in [9.17, 15) is 9.59 Å². The first-order valence-corrected chi connectivity index (χ1v) is 5.49. The van der Waals surface area contributed by atoms with E-state index in [1.54, 1.807) is 13.0 Å². The lowest BCUT2D eigenvalue weighted by Crippen LogP contribution is -2.32. The highest BCUT2D eigenvalue weighted by molar-refractivity contribution is 5.98. The summed E-state index contributed by atoms with van der Waals surface area (Å²) in [4.78, 5) is 22.9. The third kappa shape index (κ3) is 1.58. The van der Waals surface area contributed by atoms with Crippen molar-refractivity contribution >= 4 is 11.6 Å². The first kappa shape index (κ1) is 10.3. The first-order valence-electron chi connectivity index (χ1n) is 5.49. The summed E-state index contributed by atoms with van der Waals surface area (Å²) in [6, 6.07) is 0. The second kappa shape index (κ2) is 3.44. The highest BCUT2D eigenvalue weighted by Gasteiger charge is 2.39. The van der Waals surface area contributed by atoms with Crippen LogP contribution in [0.5, 0.6) is 0 Å². The SMILES string of the molecule is CC(=O)C1=CCCC2=CC(=O)CCC21C. The number of hydrogen-bond donors (Lipinski definition) is 0.